The molecule has 3 rings (SSSR count). The van der Waals surface area contributed by atoms with Gasteiger partial charge in [0.25, 0.3) is 0 Å². The molecule has 1 N–H and O–H groups in total. The van der Waals surface area contributed by atoms with Gasteiger partial charge in [0, 0.05) is 30.1 Å². The summed E-state index contributed by atoms with van der Waals surface area (Å²) in [5.41, 5.74) is 3.54. The van der Waals surface area contributed by atoms with Gasteiger partial charge in [-0.1, -0.05) is 29.8 Å². The predicted octanol–water partition coefficient (Wildman–Crippen LogP) is 3.52. The minimum atomic E-state index is 0.587. The van der Waals surface area contributed by atoms with Gasteiger partial charge >= 0.3 is 0 Å². The Hall–Kier alpha value is -1.23. The quantitative estimate of drug-likeness (QED) is 0.883. The highest BCUT2D eigenvalue weighted by atomic mass is 32.1. The number of thiazole rings is 1. The monoisotopic (exact) mass is 288 g/mol. The van der Waals surface area contributed by atoms with E-state index in [1.165, 1.54) is 28.8 Å². The molecular weight excluding hydrogens is 268 g/mol. The summed E-state index contributed by atoms with van der Waals surface area (Å²) in [6.45, 7) is 3.60. The summed E-state index contributed by atoms with van der Waals surface area (Å²) < 4.78 is 5.28. The van der Waals surface area contributed by atoms with Crippen molar-refractivity contribution in [2.75, 3.05) is 7.11 Å². The molecule has 0 saturated heterocycles. The molecule has 0 bridgehead atoms. The molecule has 20 heavy (non-hydrogen) atoms. The highest BCUT2D eigenvalue weighted by molar-refractivity contribution is 7.15. The van der Waals surface area contributed by atoms with Crippen molar-refractivity contribution in [2.24, 2.45) is 0 Å². The fraction of sp³-hybridized carbons (Fsp3) is 0.438. The largest absolute Gasteiger partial charge is 0.378 e. The second-order valence-corrected chi connectivity index (χ2v) is 6.43. The molecule has 1 fully saturated rings. The van der Waals surface area contributed by atoms with Crippen molar-refractivity contribution < 1.29 is 4.74 Å². The van der Waals surface area contributed by atoms with Crippen LogP contribution < -0.4 is 5.32 Å². The average molecular weight is 288 g/mol. The van der Waals surface area contributed by atoms with Crippen molar-refractivity contribution in [3.63, 3.8) is 0 Å². The van der Waals surface area contributed by atoms with Crippen LogP contribution in [0.5, 0.6) is 0 Å². The summed E-state index contributed by atoms with van der Waals surface area (Å²) >= 11 is 1.77. The third-order valence-corrected chi connectivity index (χ3v) is 4.63. The van der Waals surface area contributed by atoms with Crippen LogP contribution in [0.25, 0.3) is 10.6 Å². The fourth-order valence-electron chi connectivity index (χ4n) is 2.12. The van der Waals surface area contributed by atoms with E-state index in [0.717, 1.165) is 23.3 Å². The van der Waals surface area contributed by atoms with E-state index < -0.39 is 0 Å². The van der Waals surface area contributed by atoms with Crippen molar-refractivity contribution in [2.45, 2.75) is 39.0 Å². The van der Waals surface area contributed by atoms with Gasteiger partial charge in [-0.25, -0.2) is 4.98 Å². The SMILES string of the molecule is COCc1nc(-c2ccc(C)cc2)sc1CNC1CC1. The van der Waals surface area contributed by atoms with Crippen LogP contribution in [0.4, 0.5) is 0 Å². The number of nitrogens with one attached hydrogen (secondary N) is 1. The van der Waals surface area contributed by atoms with Gasteiger partial charge in [0.1, 0.15) is 5.01 Å². The van der Waals surface area contributed by atoms with Crippen LogP contribution >= 0.6 is 11.3 Å². The number of ether oxygens (including phenoxy) is 1. The summed E-state index contributed by atoms with van der Waals surface area (Å²) in [5, 5.41) is 4.65. The maximum absolute atomic E-state index is 5.28. The van der Waals surface area contributed by atoms with Crippen LogP contribution in [0.15, 0.2) is 24.3 Å². The Kier molecular flexibility index (Phi) is 4.15. The standard InChI is InChI=1S/C16H20N2OS/c1-11-3-5-12(6-4-11)16-18-14(10-19-2)15(20-16)9-17-13-7-8-13/h3-6,13,17H,7-10H2,1-2H3. The molecule has 0 radical (unpaired) electrons. The number of hydrogen-bond acceptors (Lipinski definition) is 4. The molecule has 1 heterocycles. The van der Waals surface area contributed by atoms with E-state index in [2.05, 4.69) is 36.5 Å². The lowest BCUT2D eigenvalue weighted by atomic mass is 10.2. The summed E-state index contributed by atoms with van der Waals surface area (Å²) in [6.07, 6.45) is 2.62. The first-order valence-electron chi connectivity index (χ1n) is 7.04. The predicted molar refractivity (Wildman–Crippen MR) is 82.9 cm³/mol. The van der Waals surface area contributed by atoms with E-state index in [9.17, 15) is 0 Å². The summed E-state index contributed by atoms with van der Waals surface area (Å²) in [6, 6.07) is 9.27. The van der Waals surface area contributed by atoms with Gasteiger partial charge in [0.15, 0.2) is 0 Å². The smallest absolute Gasteiger partial charge is 0.124 e. The van der Waals surface area contributed by atoms with E-state index in [1.807, 2.05) is 0 Å². The Bertz CT molecular complexity index is 573. The van der Waals surface area contributed by atoms with Crippen LogP contribution in [0.2, 0.25) is 0 Å². The summed E-state index contributed by atoms with van der Waals surface area (Å²) in [7, 11) is 1.73. The third-order valence-electron chi connectivity index (χ3n) is 3.49. The minimum Gasteiger partial charge on any atom is -0.378 e. The van der Waals surface area contributed by atoms with E-state index in [1.54, 1.807) is 18.4 Å². The number of rotatable bonds is 6. The van der Waals surface area contributed by atoms with Crippen molar-refractivity contribution in [1.29, 1.82) is 0 Å². The second-order valence-electron chi connectivity index (χ2n) is 5.34. The van der Waals surface area contributed by atoms with Crippen LogP contribution in [0.1, 0.15) is 29.0 Å². The van der Waals surface area contributed by atoms with E-state index >= 15 is 0 Å². The molecule has 3 nitrogen and oxygen atoms in total. The summed E-state index contributed by atoms with van der Waals surface area (Å²) in [5.74, 6) is 0. The maximum atomic E-state index is 5.28. The van der Waals surface area contributed by atoms with E-state index in [4.69, 9.17) is 9.72 Å². The number of benzene rings is 1. The summed E-state index contributed by atoms with van der Waals surface area (Å²) in [4.78, 5) is 6.05. The van der Waals surface area contributed by atoms with Gasteiger partial charge in [0.2, 0.25) is 0 Å². The Morgan fingerprint density at radius 2 is 2.05 bits per heavy atom. The highest BCUT2D eigenvalue weighted by Gasteiger charge is 2.21. The molecule has 0 spiro atoms. The Labute approximate surface area is 124 Å². The van der Waals surface area contributed by atoms with Crippen LogP contribution in [0.3, 0.4) is 0 Å². The first-order chi connectivity index (χ1) is 9.76. The zero-order chi connectivity index (χ0) is 13.9. The number of methoxy groups -OCH3 is 1. The van der Waals surface area contributed by atoms with Crippen LogP contribution in [-0.2, 0) is 17.9 Å². The molecule has 2 aromatic rings. The Morgan fingerprint density at radius 1 is 1.30 bits per heavy atom. The highest BCUT2D eigenvalue weighted by Crippen LogP contribution is 2.29. The lowest BCUT2D eigenvalue weighted by Gasteiger charge is -2.02. The number of nitrogens with zero attached hydrogens (tertiary/aromatic N) is 1. The van der Waals surface area contributed by atoms with Crippen molar-refractivity contribution >= 4 is 11.3 Å². The van der Waals surface area contributed by atoms with Crippen molar-refractivity contribution in [3.05, 3.63) is 40.4 Å². The molecule has 0 unspecified atom stereocenters. The van der Waals surface area contributed by atoms with Gasteiger partial charge in [-0.2, -0.15) is 0 Å². The average Bonchev–Trinajstić information content (AvgIpc) is 3.19. The zero-order valence-corrected chi connectivity index (χ0v) is 12.8. The molecule has 1 aromatic heterocycles. The normalized spacial score (nSPS) is 14.7. The van der Waals surface area contributed by atoms with Gasteiger partial charge in [-0.15, -0.1) is 11.3 Å². The molecular formula is C16H20N2OS. The third kappa shape index (κ3) is 3.26. The van der Waals surface area contributed by atoms with Crippen molar-refractivity contribution in [3.8, 4) is 10.6 Å². The molecule has 1 aliphatic rings. The van der Waals surface area contributed by atoms with Gasteiger partial charge < -0.3 is 10.1 Å². The Balaban J connectivity index is 1.82. The number of hydrogen-bond donors (Lipinski definition) is 1. The first-order valence-corrected chi connectivity index (χ1v) is 7.86. The molecule has 1 saturated carbocycles. The number of aryl methyl sites for hydroxylation is 1. The van der Waals surface area contributed by atoms with Gasteiger partial charge in [-0.05, 0) is 19.8 Å². The lowest BCUT2D eigenvalue weighted by Crippen LogP contribution is -2.15. The molecule has 0 amide bonds. The Morgan fingerprint density at radius 3 is 2.70 bits per heavy atom. The van der Waals surface area contributed by atoms with E-state index in [0.29, 0.717) is 6.61 Å². The second kappa shape index (κ2) is 6.04. The number of aromatic nitrogens is 1. The topological polar surface area (TPSA) is 34.1 Å². The van der Waals surface area contributed by atoms with Gasteiger partial charge in [0.05, 0.1) is 12.3 Å². The van der Waals surface area contributed by atoms with Crippen molar-refractivity contribution in [1.82, 2.24) is 10.3 Å². The fourth-order valence-corrected chi connectivity index (χ4v) is 3.14. The van der Waals surface area contributed by atoms with E-state index in [-0.39, 0.29) is 0 Å². The first kappa shape index (κ1) is 13.7. The molecule has 106 valence electrons. The molecule has 1 aliphatic carbocycles. The molecule has 4 heteroatoms. The molecule has 0 atom stereocenters. The molecule has 0 aliphatic heterocycles. The molecule has 1 aromatic carbocycles. The van der Waals surface area contributed by atoms with Gasteiger partial charge in [-0.3, -0.25) is 0 Å². The van der Waals surface area contributed by atoms with Crippen LogP contribution in [-0.4, -0.2) is 18.1 Å². The zero-order valence-electron chi connectivity index (χ0n) is 12.0. The van der Waals surface area contributed by atoms with Crippen LogP contribution in [0, 0.1) is 6.92 Å². The minimum absolute atomic E-state index is 0.587. The lowest BCUT2D eigenvalue weighted by molar-refractivity contribution is 0.181. The maximum Gasteiger partial charge on any atom is 0.124 e.